The summed E-state index contributed by atoms with van der Waals surface area (Å²) in [7, 11) is 0. The lowest BCUT2D eigenvalue weighted by molar-refractivity contribution is 0.102. The fraction of sp³-hybridized carbons (Fsp3) is 0.167. The molecule has 3 rings (SSSR count). The number of hydrogen-bond donors (Lipinski definition) is 1. The summed E-state index contributed by atoms with van der Waals surface area (Å²) < 4.78 is 0.937. The first-order chi connectivity index (χ1) is 11.6. The summed E-state index contributed by atoms with van der Waals surface area (Å²) in [5.41, 5.74) is 1.86. The van der Waals surface area contributed by atoms with Gasteiger partial charge in [0.05, 0.1) is 0 Å². The van der Waals surface area contributed by atoms with Gasteiger partial charge in [-0.1, -0.05) is 64.5 Å². The largest absolute Gasteiger partial charge is 0.296 e. The third-order valence-electron chi connectivity index (χ3n) is 3.64. The van der Waals surface area contributed by atoms with E-state index in [2.05, 4.69) is 50.5 Å². The Morgan fingerprint density at radius 1 is 1.12 bits per heavy atom. The maximum atomic E-state index is 12.2. The first kappa shape index (κ1) is 16.8. The van der Waals surface area contributed by atoms with E-state index < -0.39 is 0 Å². The Labute approximate surface area is 153 Å². The third kappa shape index (κ3) is 4.27. The Kier molecular flexibility index (Phi) is 5.37. The predicted octanol–water partition coefficient (Wildman–Crippen LogP) is 4.90. The van der Waals surface area contributed by atoms with Crippen LogP contribution in [0.3, 0.4) is 0 Å². The van der Waals surface area contributed by atoms with Crippen LogP contribution in [0.25, 0.3) is 0 Å². The van der Waals surface area contributed by atoms with E-state index in [1.165, 1.54) is 16.9 Å². The van der Waals surface area contributed by atoms with Crippen LogP contribution >= 0.6 is 27.3 Å². The summed E-state index contributed by atoms with van der Waals surface area (Å²) in [6.07, 6.45) is 0.801. The van der Waals surface area contributed by atoms with Crippen molar-refractivity contribution < 1.29 is 4.79 Å². The highest BCUT2D eigenvalue weighted by atomic mass is 79.9. The molecule has 1 aromatic heterocycles. The molecule has 3 aromatic rings. The maximum Gasteiger partial charge on any atom is 0.257 e. The van der Waals surface area contributed by atoms with Gasteiger partial charge in [-0.2, -0.15) is 0 Å². The lowest BCUT2D eigenvalue weighted by Crippen LogP contribution is -2.11. The highest BCUT2D eigenvalue weighted by Gasteiger charge is 2.13. The van der Waals surface area contributed by atoms with Crippen LogP contribution in [0.15, 0.2) is 59.1 Å². The normalized spacial score (nSPS) is 11.9. The topological polar surface area (TPSA) is 54.9 Å². The molecule has 0 bridgehead atoms. The van der Waals surface area contributed by atoms with E-state index in [-0.39, 0.29) is 5.91 Å². The van der Waals surface area contributed by atoms with Crippen molar-refractivity contribution >= 4 is 38.3 Å². The third-order valence-corrected chi connectivity index (χ3v) is 5.03. The minimum Gasteiger partial charge on any atom is -0.296 e. The van der Waals surface area contributed by atoms with Gasteiger partial charge in [0.25, 0.3) is 5.91 Å². The van der Waals surface area contributed by atoms with Gasteiger partial charge in [-0.3, -0.25) is 10.1 Å². The molecule has 1 N–H and O–H groups in total. The van der Waals surface area contributed by atoms with Gasteiger partial charge in [0.1, 0.15) is 5.01 Å². The van der Waals surface area contributed by atoms with Gasteiger partial charge < -0.3 is 0 Å². The molecule has 1 unspecified atom stereocenters. The van der Waals surface area contributed by atoms with Crippen molar-refractivity contribution in [1.29, 1.82) is 0 Å². The number of nitrogens with zero attached hydrogens (tertiary/aromatic N) is 2. The molecule has 24 heavy (non-hydrogen) atoms. The number of hydrogen-bond acceptors (Lipinski definition) is 4. The molecule has 0 aliphatic heterocycles. The van der Waals surface area contributed by atoms with Gasteiger partial charge in [0.15, 0.2) is 0 Å². The van der Waals surface area contributed by atoms with Crippen molar-refractivity contribution in [3.63, 3.8) is 0 Å². The van der Waals surface area contributed by atoms with Crippen molar-refractivity contribution in [2.45, 2.75) is 19.3 Å². The van der Waals surface area contributed by atoms with E-state index in [1.807, 2.05) is 30.3 Å². The zero-order chi connectivity index (χ0) is 16.9. The smallest absolute Gasteiger partial charge is 0.257 e. The molecule has 0 spiro atoms. The van der Waals surface area contributed by atoms with Crippen molar-refractivity contribution in [3.05, 3.63) is 75.2 Å². The van der Waals surface area contributed by atoms with Gasteiger partial charge in [-0.25, -0.2) is 0 Å². The molecular formula is C18H16BrN3OS. The highest BCUT2D eigenvalue weighted by Crippen LogP contribution is 2.24. The van der Waals surface area contributed by atoms with E-state index >= 15 is 0 Å². The second kappa shape index (κ2) is 7.68. The van der Waals surface area contributed by atoms with Crippen LogP contribution in [0.4, 0.5) is 5.13 Å². The average molecular weight is 402 g/mol. The van der Waals surface area contributed by atoms with Crippen LogP contribution in [-0.4, -0.2) is 16.1 Å². The number of halogens is 1. The number of benzene rings is 2. The standard InChI is InChI=1S/C18H16BrN3OS/c1-12(13-5-3-2-4-6-13)11-16-21-22-18(24-16)20-17(23)14-7-9-15(19)10-8-14/h2-10,12H,11H2,1H3,(H,20,22,23). The van der Waals surface area contributed by atoms with Gasteiger partial charge in [0, 0.05) is 16.5 Å². The Bertz CT molecular complexity index is 818. The van der Waals surface area contributed by atoms with Crippen molar-refractivity contribution in [2.24, 2.45) is 0 Å². The maximum absolute atomic E-state index is 12.2. The Hall–Kier alpha value is -2.05. The summed E-state index contributed by atoms with van der Waals surface area (Å²) in [6, 6.07) is 17.5. The predicted molar refractivity (Wildman–Crippen MR) is 101 cm³/mol. The summed E-state index contributed by atoms with van der Waals surface area (Å²) in [4.78, 5) is 12.2. The number of rotatable bonds is 5. The van der Waals surface area contributed by atoms with E-state index in [1.54, 1.807) is 12.1 Å². The first-order valence-corrected chi connectivity index (χ1v) is 9.17. The number of carbonyl (C=O) groups is 1. The summed E-state index contributed by atoms with van der Waals surface area (Å²) in [5, 5.41) is 12.5. The molecule has 0 saturated heterocycles. The van der Waals surface area contributed by atoms with Crippen LogP contribution < -0.4 is 5.32 Å². The second-order valence-electron chi connectivity index (χ2n) is 5.48. The van der Waals surface area contributed by atoms with Gasteiger partial charge in [-0.15, -0.1) is 10.2 Å². The lowest BCUT2D eigenvalue weighted by Gasteiger charge is -2.08. The van der Waals surface area contributed by atoms with E-state index in [4.69, 9.17) is 0 Å². The molecule has 0 saturated carbocycles. The molecule has 0 radical (unpaired) electrons. The lowest BCUT2D eigenvalue weighted by atomic mass is 9.98. The average Bonchev–Trinajstić information content (AvgIpc) is 3.03. The van der Waals surface area contributed by atoms with Crippen molar-refractivity contribution in [3.8, 4) is 0 Å². The highest BCUT2D eigenvalue weighted by molar-refractivity contribution is 9.10. The van der Waals surface area contributed by atoms with E-state index in [9.17, 15) is 4.79 Å². The summed E-state index contributed by atoms with van der Waals surface area (Å²) in [5.74, 6) is 0.176. The molecule has 2 aromatic carbocycles. The summed E-state index contributed by atoms with van der Waals surface area (Å²) in [6.45, 7) is 2.16. The van der Waals surface area contributed by atoms with Crippen LogP contribution in [0, 0.1) is 0 Å². The van der Waals surface area contributed by atoms with E-state index in [0.29, 0.717) is 16.6 Å². The Morgan fingerprint density at radius 3 is 2.54 bits per heavy atom. The fourth-order valence-corrected chi connectivity index (χ4v) is 3.45. The Morgan fingerprint density at radius 2 is 1.83 bits per heavy atom. The molecule has 0 fully saturated rings. The zero-order valence-corrected chi connectivity index (χ0v) is 15.5. The molecule has 1 atom stereocenters. The molecule has 1 amide bonds. The van der Waals surface area contributed by atoms with Gasteiger partial charge in [-0.05, 0) is 35.7 Å². The Balaban J connectivity index is 1.63. The van der Waals surface area contributed by atoms with E-state index in [0.717, 1.165) is 15.9 Å². The molecule has 122 valence electrons. The quantitative estimate of drug-likeness (QED) is 0.661. The van der Waals surface area contributed by atoms with Crippen molar-refractivity contribution in [1.82, 2.24) is 10.2 Å². The minimum atomic E-state index is -0.179. The molecular weight excluding hydrogens is 386 g/mol. The SMILES string of the molecule is CC(Cc1nnc(NC(=O)c2ccc(Br)cc2)s1)c1ccccc1. The molecule has 0 aliphatic carbocycles. The van der Waals surface area contributed by atoms with Crippen LogP contribution in [0.1, 0.15) is 33.8 Å². The number of carbonyl (C=O) groups excluding carboxylic acids is 1. The first-order valence-electron chi connectivity index (χ1n) is 7.56. The molecule has 4 nitrogen and oxygen atoms in total. The summed E-state index contributed by atoms with van der Waals surface area (Å²) >= 11 is 4.77. The van der Waals surface area contributed by atoms with Gasteiger partial charge >= 0.3 is 0 Å². The van der Waals surface area contributed by atoms with Gasteiger partial charge in [0.2, 0.25) is 5.13 Å². The second-order valence-corrected chi connectivity index (χ2v) is 7.46. The van der Waals surface area contributed by atoms with Crippen LogP contribution in [0.5, 0.6) is 0 Å². The fourth-order valence-electron chi connectivity index (χ4n) is 2.32. The van der Waals surface area contributed by atoms with Crippen molar-refractivity contribution in [2.75, 3.05) is 5.32 Å². The molecule has 1 heterocycles. The monoisotopic (exact) mass is 401 g/mol. The number of anilines is 1. The molecule has 6 heteroatoms. The molecule has 0 aliphatic rings. The number of nitrogens with one attached hydrogen (secondary N) is 1. The van der Waals surface area contributed by atoms with Crippen LogP contribution in [0.2, 0.25) is 0 Å². The number of aromatic nitrogens is 2. The van der Waals surface area contributed by atoms with Crippen LogP contribution in [-0.2, 0) is 6.42 Å². The zero-order valence-electron chi connectivity index (χ0n) is 13.1. The minimum absolute atomic E-state index is 0.179. The number of amides is 1.